The lowest BCUT2D eigenvalue weighted by Crippen LogP contribution is -1.99. The molecule has 0 atom stereocenters. The van der Waals surface area contributed by atoms with Gasteiger partial charge in [0, 0.05) is 0 Å². The van der Waals surface area contributed by atoms with Crippen molar-refractivity contribution in [3.63, 3.8) is 0 Å². The van der Waals surface area contributed by atoms with Crippen LogP contribution in [0.5, 0.6) is 0 Å². The predicted molar refractivity (Wildman–Crippen MR) is 107 cm³/mol. The van der Waals surface area contributed by atoms with Crippen LogP contribution in [0.15, 0.2) is 47.6 Å². The molecular formula is C21H33O3P. The van der Waals surface area contributed by atoms with Gasteiger partial charge in [-0.1, -0.05) is 47.6 Å². The summed E-state index contributed by atoms with van der Waals surface area (Å²) in [5, 5.41) is 0. The minimum atomic E-state index is -3.03. The van der Waals surface area contributed by atoms with Gasteiger partial charge in [0.2, 0.25) is 0 Å². The molecule has 0 N–H and O–H groups in total. The molecule has 4 heteroatoms. The van der Waals surface area contributed by atoms with E-state index in [0.717, 1.165) is 24.8 Å². The van der Waals surface area contributed by atoms with Gasteiger partial charge in [-0.05, 0) is 65.0 Å². The van der Waals surface area contributed by atoms with Crippen LogP contribution in [0, 0.1) is 0 Å². The number of benzene rings is 1. The molecule has 0 radical (unpaired) electrons. The van der Waals surface area contributed by atoms with Crippen molar-refractivity contribution in [2.45, 2.75) is 60.0 Å². The first-order chi connectivity index (χ1) is 11.9. The SMILES string of the molecule is CCOP(=O)(Cc1ccc(CC=C(C)CCC=C(C)C)cc1)OCC. The van der Waals surface area contributed by atoms with Crippen LogP contribution in [0.3, 0.4) is 0 Å². The summed E-state index contributed by atoms with van der Waals surface area (Å²) in [5.74, 6) is 0. The van der Waals surface area contributed by atoms with Crippen molar-refractivity contribution < 1.29 is 13.6 Å². The molecule has 1 aromatic rings. The molecule has 0 saturated heterocycles. The molecule has 3 nitrogen and oxygen atoms in total. The van der Waals surface area contributed by atoms with Crippen molar-refractivity contribution in [3.8, 4) is 0 Å². The lowest BCUT2D eigenvalue weighted by molar-refractivity contribution is 0.219. The molecule has 0 aromatic heterocycles. The Labute approximate surface area is 153 Å². The van der Waals surface area contributed by atoms with E-state index < -0.39 is 7.60 Å². The van der Waals surface area contributed by atoms with Crippen LogP contribution in [-0.4, -0.2) is 13.2 Å². The topological polar surface area (TPSA) is 35.5 Å². The molecule has 1 aromatic carbocycles. The highest BCUT2D eigenvalue weighted by atomic mass is 31.2. The summed E-state index contributed by atoms with van der Waals surface area (Å²) in [6.07, 6.45) is 8.03. The van der Waals surface area contributed by atoms with Crippen LogP contribution < -0.4 is 0 Å². The van der Waals surface area contributed by atoms with Gasteiger partial charge in [0.1, 0.15) is 0 Å². The van der Waals surface area contributed by atoms with Gasteiger partial charge in [0.05, 0.1) is 19.4 Å². The van der Waals surface area contributed by atoms with E-state index in [4.69, 9.17) is 9.05 Å². The highest BCUT2D eigenvalue weighted by molar-refractivity contribution is 7.53. The number of rotatable bonds is 11. The Bertz CT molecular complexity index is 601. The molecule has 140 valence electrons. The number of hydrogen-bond acceptors (Lipinski definition) is 3. The Hall–Kier alpha value is -1.15. The fraction of sp³-hybridized carbons (Fsp3) is 0.524. The first kappa shape index (κ1) is 21.9. The van der Waals surface area contributed by atoms with Crippen LogP contribution in [0.1, 0.15) is 58.6 Å². The first-order valence-electron chi connectivity index (χ1n) is 9.13. The van der Waals surface area contributed by atoms with Gasteiger partial charge in [-0.3, -0.25) is 4.57 Å². The standard InChI is InChI=1S/C21H33O3P/c1-6-23-25(22,24-7-2)17-21-15-13-20(14-16-21)12-11-19(5)10-8-9-18(3)4/h9,11,13-16H,6-8,10,12,17H2,1-5H3. The fourth-order valence-corrected chi connectivity index (χ4v) is 4.21. The molecule has 0 aliphatic carbocycles. The Morgan fingerprint density at radius 1 is 0.960 bits per heavy atom. The molecule has 0 aliphatic rings. The average Bonchev–Trinajstić information content (AvgIpc) is 2.54. The van der Waals surface area contributed by atoms with Gasteiger partial charge < -0.3 is 9.05 Å². The van der Waals surface area contributed by atoms with Crippen LogP contribution in [-0.2, 0) is 26.2 Å². The maximum atomic E-state index is 12.6. The fourth-order valence-electron chi connectivity index (χ4n) is 2.51. The Balaban J connectivity index is 2.61. The maximum Gasteiger partial charge on any atom is 0.335 e. The molecule has 0 fully saturated rings. The van der Waals surface area contributed by atoms with Gasteiger partial charge in [-0.15, -0.1) is 0 Å². The summed E-state index contributed by atoms with van der Waals surface area (Å²) in [6.45, 7) is 10.9. The van der Waals surface area contributed by atoms with Crippen LogP contribution in [0.4, 0.5) is 0 Å². The summed E-state index contributed by atoms with van der Waals surface area (Å²) in [6, 6.07) is 8.23. The number of hydrogen-bond donors (Lipinski definition) is 0. The van der Waals surface area contributed by atoms with Gasteiger partial charge >= 0.3 is 7.60 Å². The Morgan fingerprint density at radius 3 is 2.04 bits per heavy atom. The van der Waals surface area contributed by atoms with Gasteiger partial charge in [-0.2, -0.15) is 0 Å². The maximum absolute atomic E-state index is 12.6. The zero-order valence-corrected chi connectivity index (χ0v) is 17.3. The van der Waals surface area contributed by atoms with Crippen molar-refractivity contribution in [2.75, 3.05) is 13.2 Å². The van der Waals surface area contributed by atoms with Crippen LogP contribution >= 0.6 is 7.60 Å². The van der Waals surface area contributed by atoms with E-state index in [2.05, 4.69) is 45.1 Å². The van der Waals surface area contributed by atoms with E-state index in [1.807, 2.05) is 26.0 Å². The van der Waals surface area contributed by atoms with E-state index in [1.54, 1.807) is 0 Å². The second kappa shape index (κ2) is 11.5. The molecule has 0 bridgehead atoms. The molecule has 1 rings (SSSR count). The quantitative estimate of drug-likeness (QED) is 0.324. The lowest BCUT2D eigenvalue weighted by atomic mass is 10.1. The highest BCUT2D eigenvalue weighted by Gasteiger charge is 2.23. The Morgan fingerprint density at radius 2 is 1.52 bits per heavy atom. The van der Waals surface area contributed by atoms with Crippen molar-refractivity contribution in [1.29, 1.82) is 0 Å². The smallest absolute Gasteiger partial charge is 0.309 e. The zero-order valence-electron chi connectivity index (χ0n) is 16.4. The van der Waals surface area contributed by atoms with Gasteiger partial charge in [0.25, 0.3) is 0 Å². The minimum absolute atomic E-state index is 0.326. The second-order valence-corrected chi connectivity index (χ2v) is 8.55. The lowest BCUT2D eigenvalue weighted by Gasteiger charge is -2.17. The Kier molecular flexibility index (Phi) is 10.0. The van der Waals surface area contributed by atoms with Crippen molar-refractivity contribution in [3.05, 3.63) is 58.7 Å². The molecule has 0 heterocycles. The molecular weight excluding hydrogens is 331 g/mol. The van der Waals surface area contributed by atoms with Crippen molar-refractivity contribution in [1.82, 2.24) is 0 Å². The molecule has 0 saturated carbocycles. The van der Waals surface area contributed by atoms with E-state index in [0.29, 0.717) is 19.4 Å². The average molecular weight is 364 g/mol. The van der Waals surface area contributed by atoms with Crippen molar-refractivity contribution >= 4 is 7.60 Å². The van der Waals surface area contributed by atoms with E-state index >= 15 is 0 Å². The monoisotopic (exact) mass is 364 g/mol. The molecule has 0 amide bonds. The van der Waals surface area contributed by atoms with Crippen LogP contribution in [0.2, 0.25) is 0 Å². The van der Waals surface area contributed by atoms with Gasteiger partial charge in [0.15, 0.2) is 0 Å². The van der Waals surface area contributed by atoms with Gasteiger partial charge in [-0.25, -0.2) is 0 Å². The van der Waals surface area contributed by atoms with E-state index in [-0.39, 0.29) is 0 Å². The minimum Gasteiger partial charge on any atom is -0.309 e. The van der Waals surface area contributed by atoms with Crippen LogP contribution in [0.25, 0.3) is 0 Å². The third kappa shape index (κ3) is 9.21. The summed E-state index contributed by atoms with van der Waals surface area (Å²) in [5.41, 5.74) is 5.03. The molecule has 0 unspecified atom stereocenters. The second-order valence-electron chi connectivity index (χ2n) is 6.50. The third-order valence-corrected chi connectivity index (χ3v) is 5.88. The zero-order chi connectivity index (χ0) is 18.7. The molecule has 0 spiro atoms. The van der Waals surface area contributed by atoms with E-state index in [1.165, 1.54) is 16.7 Å². The van der Waals surface area contributed by atoms with Crippen molar-refractivity contribution in [2.24, 2.45) is 0 Å². The number of allylic oxidation sites excluding steroid dienone is 4. The molecule has 0 aliphatic heterocycles. The first-order valence-corrected chi connectivity index (χ1v) is 10.9. The molecule has 25 heavy (non-hydrogen) atoms. The summed E-state index contributed by atoms with van der Waals surface area (Å²) < 4.78 is 23.3. The summed E-state index contributed by atoms with van der Waals surface area (Å²) >= 11 is 0. The predicted octanol–water partition coefficient (Wildman–Crippen LogP) is 6.69. The highest BCUT2D eigenvalue weighted by Crippen LogP contribution is 2.51. The third-order valence-electron chi connectivity index (χ3n) is 3.83. The van der Waals surface area contributed by atoms with E-state index in [9.17, 15) is 4.57 Å². The normalized spacial score (nSPS) is 12.3. The largest absolute Gasteiger partial charge is 0.335 e. The summed E-state index contributed by atoms with van der Waals surface area (Å²) in [7, 11) is -3.03. The summed E-state index contributed by atoms with van der Waals surface area (Å²) in [4.78, 5) is 0.